The molecule has 0 heterocycles. The first kappa shape index (κ1) is 9.10. The Balaban J connectivity index is 2.39. The number of rotatable bonds is 1. The number of ketones is 1. The van der Waals surface area contributed by atoms with Gasteiger partial charge in [-0.1, -0.05) is 54.6 Å². The molecule has 0 aromatic heterocycles. The highest BCUT2D eigenvalue weighted by molar-refractivity contribution is 6.36. The van der Waals surface area contributed by atoms with Crippen LogP contribution in [0.4, 0.5) is 0 Å². The van der Waals surface area contributed by atoms with E-state index < -0.39 is 0 Å². The second-order valence-corrected chi connectivity index (χ2v) is 3.84. The summed E-state index contributed by atoms with van der Waals surface area (Å²) in [5, 5.41) is 2.06. The van der Waals surface area contributed by atoms with Crippen LogP contribution in [-0.2, 0) is 4.79 Å². The Kier molecular flexibility index (Phi) is 1.97. The van der Waals surface area contributed by atoms with E-state index in [9.17, 15) is 4.79 Å². The van der Waals surface area contributed by atoms with Crippen molar-refractivity contribution in [1.29, 1.82) is 0 Å². The van der Waals surface area contributed by atoms with E-state index in [1.165, 1.54) is 0 Å². The largest absolute Gasteiger partial charge is 0.289 e. The van der Waals surface area contributed by atoms with Crippen LogP contribution < -0.4 is 10.4 Å². The first-order chi connectivity index (χ1) is 7.86. The van der Waals surface area contributed by atoms with Crippen molar-refractivity contribution in [3.8, 4) is 0 Å². The van der Waals surface area contributed by atoms with Gasteiger partial charge < -0.3 is 0 Å². The van der Waals surface area contributed by atoms with E-state index in [4.69, 9.17) is 0 Å². The van der Waals surface area contributed by atoms with Gasteiger partial charge in [0.05, 0.1) is 0 Å². The number of hydrogen-bond donors (Lipinski definition) is 0. The van der Waals surface area contributed by atoms with Crippen molar-refractivity contribution < 1.29 is 4.79 Å². The summed E-state index contributed by atoms with van der Waals surface area (Å²) in [6.45, 7) is 0. The maximum Gasteiger partial charge on any atom is 0.187 e. The van der Waals surface area contributed by atoms with Crippen molar-refractivity contribution in [3.63, 3.8) is 0 Å². The van der Waals surface area contributed by atoms with Crippen molar-refractivity contribution in [1.82, 2.24) is 0 Å². The number of carbonyl (C=O) groups excluding carboxylic acids is 1. The minimum Gasteiger partial charge on any atom is -0.289 e. The van der Waals surface area contributed by atoms with E-state index in [0.717, 1.165) is 21.6 Å². The highest BCUT2D eigenvalue weighted by Crippen LogP contribution is 2.13. The summed E-state index contributed by atoms with van der Waals surface area (Å²) in [6.07, 6.45) is 1.71. The number of carbonyl (C=O) groups is 1. The third-order valence-electron chi connectivity index (χ3n) is 2.83. The number of Topliss-reactive ketones (excluding diaryl/α,β-unsaturated/α-hetero) is 1. The minimum absolute atomic E-state index is 0.104. The van der Waals surface area contributed by atoms with E-state index >= 15 is 0 Å². The fraction of sp³-hybridized carbons (Fsp3) is 0. The molecule has 0 saturated carbocycles. The molecule has 0 atom stereocenters. The first-order valence-corrected chi connectivity index (χ1v) is 5.27. The molecule has 0 radical (unpaired) electrons. The van der Waals surface area contributed by atoms with Crippen molar-refractivity contribution >= 4 is 17.4 Å². The van der Waals surface area contributed by atoms with Gasteiger partial charge in [0.1, 0.15) is 0 Å². The van der Waals surface area contributed by atoms with Crippen LogP contribution >= 0.6 is 0 Å². The highest BCUT2D eigenvalue weighted by Gasteiger charge is 2.15. The molecule has 16 heavy (non-hydrogen) atoms. The van der Waals surface area contributed by atoms with Crippen molar-refractivity contribution in [2.75, 3.05) is 0 Å². The molecule has 0 unspecified atom stereocenters. The van der Waals surface area contributed by atoms with E-state index in [0.29, 0.717) is 0 Å². The molecule has 2 aromatic rings. The molecule has 0 N–H and O–H groups in total. The maximum atomic E-state index is 11.9. The topological polar surface area (TPSA) is 17.1 Å². The van der Waals surface area contributed by atoms with Gasteiger partial charge in [0.15, 0.2) is 5.78 Å². The molecule has 0 amide bonds. The minimum atomic E-state index is 0.104. The van der Waals surface area contributed by atoms with E-state index in [2.05, 4.69) is 0 Å². The quantitative estimate of drug-likeness (QED) is 0.686. The predicted octanol–water partition coefficient (Wildman–Crippen LogP) is 1.25. The Morgan fingerprint density at radius 3 is 2.25 bits per heavy atom. The molecule has 0 bridgehead atoms. The smallest absolute Gasteiger partial charge is 0.187 e. The second-order valence-electron chi connectivity index (χ2n) is 3.84. The second kappa shape index (κ2) is 3.46. The monoisotopic (exact) mass is 206 g/mol. The average molecular weight is 206 g/mol. The molecule has 0 fully saturated rings. The lowest BCUT2D eigenvalue weighted by atomic mass is 10.0. The van der Waals surface area contributed by atoms with Crippen molar-refractivity contribution in [2.24, 2.45) is 0 Å². The van der Waals surface area contributed by atoms with Gasteiger partial charge in [-0.05, 0) is 22.1 Å². The van der Waals surface area contributed by atoms with E-state index in [1.807, 2.05) is 54.6 Å². The van der Waals surface area contributed by atoms with Gasteiger partial charge >= 0.3 is 0 Å². The lowest BCUT2D eigenvalue weighted by Crippen LogP contribution is -2.22. The van der Waals surface area contributed by atoms with Gasteiger partial charge in [-0.3, -0.25) is 4.79 Å². The summed E-state index contributed by atoms with van der Waals surface area (Å²) in [5.74, 6) is 0.104. The Morgan fingerprint density at radius 2 is 1.44 bits per heavy atom. The average Bonchev–Trinajstić information content (AvgIpc) is 2.66. The molecule has 1 aliphatic rings. The Morgan fingerprint density at radius 1 is 0.750 bits per heavy atom. The number of benzene rings is 2. The summed E-state index contributed by atoms with van der Waals surface area (Å²) >= 11 is 0. The van der Waals surface area contributed by atoms with Gasteiger partial charge in [0, 0.05) is 5.57 Å². The van der Waals surface area contributed by atoms with Crippen LogP contribution in [0.1, 0.15) is 5.56 Å². The fourth-order valence-electron chi connectivity index (χ4n) is 2.10. The van der Waals surface area contributed by atoms with Gasteiger partial charge in [-0.15, -0.1) is 0 Å². The first-order valence-electron chi connectivity index (χ1n) is 5.27. The van der Waals surface area contributed by atoms with Gasteiger partial charge in [0.2, 0.25) is 0 Å². The third kappa shape index (κ3) is 1.29. The molecule has 2 aromatic carbocycles. The van der Waals surface area contributed by atoms with Gasteiger partial charge in [0.25, 0.3) is 0 Å². The number of hydrogen-bond acceptors (Lipinski definition) is 1. The molecule has 1 nitrogen and oxygen atoms in total. The summed E-state index contributed by atoms with van der Waals surface area (Å²) in [7, 11) is 0. The van der Waals surface area contributed by atoms with E-state index in [1.54, 1.807) is 6.08 Å². The zero-order chi connectivity index (χ0) is 11.0. The molecular weight excluding hydrogens is 196 g/mol. The lowest BCUT2D eigenvalue weighted by Gasteiger charge is -2.00. The van der Waals surface area contributed by atoms with Crippen LogP contribution in [0.3, 0.4) is 0 Å². The normalized spacial score (nSPS) is 13.5. The van der Waals surface area contributed by atoms with Crippen LogP contribution in [0.2, 0.25) is 0 Å². The van der Waals surface area contributed by atoms with Crippen LogP contribution in [0.25, 0.3) is 11.6 Å². The molecular formula is C15H10O. The highest BCUT2D eigenvalue weighted by atomic mass is 16.1. The molecule has 0 saturated heterocycles. The zero-order valence-electron chi connectivity index (χ0n) is 8.68. The van der Waals surface area contributed by atoms with Crippen molar-refractivity contribution in [2.45, 2.75) is 0 Å². The Labute approximate surface area is 93.4 Å². The Bertz CT molecular complexity index is 666. The SMILES string of the molecule is O=C1C=c2ccccc2=C1c1ccccc1. The molecule has 0 aliphatic heterocycles. The molecule has 76 valence electrons. The van der Waals surface area contributed by atoms with E-state index in [-0.39, 0.29) is 5.78 Å². The molecule has 3 rings (SSSR count). The molecule has 1 aliphatic carbocycles. The summed E-state index contributed by atoms with van der Waals surface area (Å²) < 4.78 is 0. The fourth-order valence-corrected chi connectivity index (χ4v) is 2.10. The van der Waals surface area contributed by atoms with Gasteiger partial charge in [-0.25, -0.2) is 0 Å². The van der Waals surface area contributed by atoms with Crippen LogP contribution in [-0.4, -0.2) is 5.78 Å². The van der Waals surface area contributed by atoms with Crippen LogP contribution in [0, 0.1) is 0 Å². The third-order valence-corrected chi connectivity index (χ3v) is 2.83. The van der Waals surface area contributed by atoms with Crippen molar-refractivity contribution in [3.05, 3.63) is 70.6 Å². The van der Waals surface area contributed by atoms with Crippen LogP contribution in [0.15, 0.2) is 54.6 Å². The van der Waals surface area contributed by atoms with Crippen LogP contribution in [0.5, 0.6) is 0 Å². The zero-order valence-corrected chi connectivity index (χ0v) is 8.68. The summed E-state index contributed by atoms with van der Waals surface area (Å²) in [4.78, 5) is 11.9. The van der Waals surface area contributed by atoms with Gasteiger partial charge in [-0.2, -0.15) is 0 Å². The summed E-state index contributed by atoms with van der Waals surface area (Å²) in [5.41, 5.74) is 1.81. The number of fused-ring (bicyclic) bond motifs is 1. The lowest BCUT2D eigenvalue weighted by molar-refractivity contribution is -0.108. The molecule has 0 spiro atoms. The Hall–Kier alpha value is -2.15. The predicted molar refractivity (Wildman–Crippen MR) is 64.1 cm³/mol. The maximum absolute atomic E-state index is 11.9. The standard InChI is InChI=1S/C15H10O/c16-14-10-12-8-4-5-9-13(12)15(14)11-6-2-1-3-7-11/h1-10H. The summed E-state index contributed by atoms with van der Waals surface area (Å²) in [6, 6.07) is 17.7. The molecule has 1 heteroatoms.